The molecule has 1 aliphatic heterocycles. The molecule has 2 N–H and O–H groups in total. The highest BCUT2D eigenvalue weighted by Crippen LogP contribution is 2.32. The molecule has 0 spiro atoms. The van der Waals surface area contributed by atoms with Crippen molar-refractivity contribution in [3.8, 4) is 5.75 Å². The second-order valence-corrected chi connectivity index (χ2v) is 14.2. The van der Waals surface area contributed by atoms with E-state index in [9.17, 15) is 26.7 Å². The summed E-state index contributed by atoms with van der Waals surface area (Å²) in [6.07, 6.45) is -0.686. The fourth-order valence-electron chi connectivity index (χ4n) is 4.46. The average Bonchev–Trinajstić information content (AvgIpc) is 2.95. The topological polar surface area (TPSA) is 133 Å². The summed E-state index contributed by atoms with van der Waals surface area (Å²) in [5.74, 6) is -0.614. The van der Waals surface area contributed by atoms with Crippen molar-refractivity contribution in [3.05, 3.63) is 83.4 Å². The van der Waals surface area contributed by atoms with Gasteiger partial charge in [0.15, 0.2) is 0 Å². The molecule has 220 valence electrons. The van der Waals surface area contributed by atoms with Gasteiger partial charge in [0.2, 0.25) is 10.0 Å². The highest BCUT2D eigenvalue weighted by atomic mass is 35.5. The lowest BCUT2D eigenvalue weighted by Crippen LogP contribution is -2.50. The molecule has 3 aromatic rings. The van der Waals surface area contributed by atoms with E-state index in [0.717, 1.165) is 0 Å². The van der Waals surface area contributed by atoms with Crippen LogP contribution >= 0.6 is 11.6 Å². The molecule has 1 aliphatic rings. The van der Waals surface area contributed by atoms with Gasteiger partial charge in [-0.15, -0.1) is 0 Å². The van der Waals surface area contributed by atoms with E-state index in [0.29, 0.717) is 5.02 Å². The lowest BCUT2D eigenvalue weighted by atomic mass is 9.99. The van der Waals surface area contributed by atoms with E-state index in [1.165, 1.54) is 70.9 Å². The summed E-state index contributed by atoms with van der Waals surface area (Å²) in [7, 11) is -6.36. The van der Waals surface area contributed by atoms with Crippen LogP contribution in [0.1, 0.15) is 24.2 Å². The molecule has 0 bridgehead atoms. The molecule has 0 saturated heterocycles. The van der Waals surface area contributed by atoms with Crippen LogP contribution < -0.4 is 9.46 Å². The second kappa shape index (κ2) is 12.4. The van der Waals surface area contributed by atoms with Gasteiger partial charge >= 0.3 is 0 Å². The van der Waals surface area contributed by atoms with Crippen LogP contribution in [0.3, 0.4) is 0 Å². The van der Waals surface area contributed by atoms with Crippen LogP contribution in [-0.4, -0.2) is 75.9 Å². The van der Waals surface area contributed by atoms with Crippen LogP contribution in [0.2, 0.25) is 5.02 Å². The number of likely N-dealkylation sites (N-methyl/N-ethyl adjacent to an activating group) is 1. The number of nitrogens with zero attached hydrogens (tertiary/aromatic N) is 2. The van der Waals surface area contributed by atoms with E-state index in [-0.39, 0.29) is 52.4 Å². The van der Waals surface area contributed by atoms with E-state index in [4.69, 9.17) is 16.3 Å². The largest absolute Gasteiger partial charge is 0.488 e. The number of rotatable bonds is 9. The van der Waals surface area contributed by atoms with Gasteiger partial charge < -0.3 is 14.7 Å². The van der Waals surface area contributed by atoms with E-state index in [2.05, 4.69) is 4.72 Å². The standard InChI is InChI=1S/C28H32ClN3O7S2/c1-19-16-32(20(2)18-33)28(34)25-15-22(30-40(35,36)23-7-5-4-6-8-23)11-14-26(25)39-27(19)17-31(3)41(37,38)24-12-9-21(29)10-13-24/h4-15,19-20,27,30,33H,16-18H2,1-3H3/t19-,20+,27-/m1/s1. The van der Waals surface area contributed by atoms with Gasteiger partial charge in [-0.25, -0.2) is 16.8 Å². The first-order valence-corrected chi connectivity index (χ1v) is 16.2. The van der Waals surface area contributed by atoms with E-state index < -0.39 is 38.1 Å². The molecule has 0 aliphatic carbocycles. The predicted octanol–water partition coefficient (Wildman–Crippen LogP) is 3.68. The minimum Gasteiger partial charge on any atom is -0.488 e. The number of hydrogen-bond donors (Lipinski definition) is 2. The molecule has 13 heteroatoms. The van der Waals surface area contributed by atoms with Crippen molar-refractivity contribution < 1.29 is 31.5 Å². The minimum absolute atomic E-state index is 0.0382. The zero-order valence-corrected chi connectivity index (χ0v) is 25.2. The van der Waals surface area contributed by atoms with Gasteiger partial charge in [-0.3, -0.25) is 9.52 Å². The number of fused-ring (bicyclic) bond motifs is 1. The number of sulfonamides is 2. The first-order chi connectivity index (χ1) is 19.3. The summed E-state index contributed by atoms with van der Waals surface area (Å²) >= 11 is 5.92. The first kappa shape index (κ1) is 30.8. The molecule has 1 amide bonds. The van der Waals surface area contributed by atoms with Gasteiger partial charge in [-0.2, -0.15) is 4.31 Å². The number of nitrogens with one attached hydrogen (secondary N) is 1. The average molecular weight is 622 g/mol. The molecule has 1 heterocycles. The van der Waals surface area contributed by atoms with Gasteiger partial charge in [0.1, 0.15) is 11.9 Å². The van der Waals surface area contributed by atoms with Crippen molar-refractivity contribution >= 4 is 43.2 Å². The van der Waals surface area contributed by atoms with E-state index >= 15 is 0 Å². The number of anilines is 1. The van der Waals surface area contributed by atoms with Crippen LogP contribution in [0, 0.1) is 5.92 Å². The minimum atomic E-state index is -3.93. The molecule has 0 fully saturated rings. The molecule has 3 aromatic carbocycles. The molecule has 41 heavy (non-hydrogen) atoms. The Labute approximate surface area is 245 Å². The Bertz CT molecular complexity index is 1600. The van der Waals surface area contributed by atoms with Crippen molar-refractivity contribution in [1.82, 2.24) is 9.21 Å². The molecule has 4 rings (SSSR count). The third-order valence-corrected chi connectivity index (χ3v) is 10.4. The summed E-state index contributed by atoms with van der Waals surface area (Å²) in [5.41, 5.74) is 0.229. The molecule has 0 aromatic heterocycles. The SMILES string of the molecule is C[C@@H]1CN([C@@H](C)CO)C(=O)c2cc(NS(=O)(=O)c3ccccc3)ccc2O[C@@H]1CN(C)S(=O)(=O)c1ccc(Cl)cc1. The molecular weight excluding hydrogens is 590 g/mol. The molecule has 0 radical (unpaired) electrons. The number of aliphatic hydroxyl groups is 1. The van der Waals surface area contributed by atoms with Gasteiger partial charge in [-0.05, 0) is 61.5 Å². The Hall–Kier alpha value is -3.16. The Morgan fingerprint density at radius 3 is 2.34 bits per heavy atom. The van der Waals surface area contributed by atoms with E-state index in [1.54, 1.807) is 25.1 Å². The lowest BCUT2D eigenvalue weighted by molar-refractivity contribution is 0.0387. The lowest BCUT2D eigenvalue weighted by Gasteiger charge is -2.38. The predicted molar refractivity (Wildman–Crippen MR) is 156 cm³/mol. The fraction of sp³-hybridized carbons (Fsp3) is 0.321. The maximum absolute atomic E-state index is 13.7. The number of benzene rings is 3. The molecular formula is C28H32ClN3O7S2. The Morgan fingerprint density at radius 2 is 1.71 bits per heavy atom. The van der Waals surface area contributed by atoms with Crippen LogP contribution in [0.25, 0.3) is 0 Å². The monoisotopic (exact) mass is 621 g/mol. The van der Waals surface area contributed by atoms with Gasteiger partial charge in [-0.1, -0.05) is 36.7 Å². The summed E-state index contributed by atoms with van der Waals surface area (Å²) in [6, 6.07) is 17.4. The second-order valence-electron chi connectivity index (χ2n) is 9.99. The van der Waals surface area contributed by atoms with E-state index in [1.807, 2.05) is 6.92 Å². The quantitative estimate of drug-likeness (QED) is 0.372. The first-order valence-electron chi connectivity index (χ1n) is 12.9. The fourth-order valence-corrected chi connectivity index (χ4v) is 6.84. The smallest absolute Gasteiger partial charge is 0.261 e. The van der Waals surface area contributed by atoms with Crippen molar-refractivity contribution in [2.45, 2.75) is 35.8 Å². The number of amides is 1. The molecule has 0 saturated carbocycles. The third kappa shape index (κ3) is 6.84. The van der Waals surface area contributed by atoms with Crippen molar-refractivity contribution in [3.63, 3.8) is 0 Å². The Balaban J connectivity index is 1.68. The maximum Gasteiger partial charge on any atom is 0.261 e. The van der Waals surface area contributed by atoms with Crippen LogP contribution in [0.5, 0.6) is 5.75 Å². The number of ether oxygens (including phenoxy) is 1. The van der Waals surface area contributed by atoms with Crippen molar-refractivity contribution in [2.24, 2.45) is 5.92 Å². The summed E-state index contributed by atoms with van der Waals surface area (Å²) in [5, 5.41) is 10.3. The van der Waals surface area contributed by atoms with Crippen LogP contribution in [0.4, 0.5) is 5.69 Å². The zero-order chi connectivity index (χ0) is 29.9. The van der Waals surface area contributed by atoms with Crippen LogP contribution in [0.15, 0.2) is 82.6 Å². The Morgan fingerprint density at radius 1 is 1.05 bits per heavy atom. The summed E-state index contributed by atoms with van der Waals surface area (Å²) in [4.78, 5) is 15.3. The normalized spacial score (nSPS) is 18.7. The molecule has 0 unspecified atom stereocenters. The molecule has 10 nitrogen and oxygen atoms in total. The summed E-state index contributed by atoms with van der Waals surface area (Å²) < 4.78 is 62.2. The third-order valence-electron chi connectivity index (χ3n) is 6.93. The number of halogens is 1. The number of hydrogen-bond acceptors (Lipinski definition) is 7. The number of aliphatic hydroxyl groups excluding tert-OH is 1. The van der Waals surface area contributed by atoms with Gasteiger partial charge in [0.25, 0.3) is 15.9 Å². The maximum atomic E-state index is 13.7. The van der Waals surface area contributed by atoms with Gasteiger partial charge in [0.05, 0.1) is 34.5 Å². The highest BCUT2D eigenvalue weighted by Gasteiger charge is 2.35. The number of carbonyl (C=O) groups is 1. The van der Waals surface area contributed by atoms with Crippen LogP contribution in [-0.2, 0) is 20.0 Å². The Kier molecular flexibility index (Phi) is 9.29. The molecule has 3 atom stereocenters. The van der Waals surface area contributed by atoms with Crippen molar-refractivity contribution in [1.29, 1.82) is 0 Å². The zero-order valence-electron chi connectivity index (χ0n) is 22.8. The van der Waals surface area contributed by atoms with Crippen molar-refractivity contribution in [2.75, 3.05) is 31.5 Å². The number of carbonyl (C=O) groups excluding carboxylic acids is 1. The summed E-state index contributed by atoms with van der Waals surface area (Å²) in [6.45, 7) is 3.36. The van der Waals surface area contributed by atoms with Gasteiger partial charge in [0, 0.05) is 30.2 Å². The highest BCUT2D eigenvalue weighted by molar-refractivity contribution is 7.92.